The molecular formula is C14H16. The highest BCUT2D eigenvalue weighted by molar-refractivity contribution is 5.34. The lowest BCUT2D eigenvalue weighted by Crippen LogP contribution is -2.04. The van der Waals surface area contributed by atoms with Crippen molar-refractivity contribution < 1.29 is 0 Å². The van der Waals surface area contributed by atoms with Gasteiger partial charge in [0, 0.05) is 5.92 Å². The monoisotopic (exact) mass is 184 g/mol. The summed E-state index contributed by atoms with van der Waals surface area (Å²) in [4.78, 5) is 0. The molecule has 0 spiro atoms. The van der Waals surface area contributed by atoms with E-state index in [1.54, 1.807) is 0 Å². The third-order valence-electron chi connectivity index (χ3n) is 2.99. The molecule has 0 unspecified atom stereocenters. The number of benzene rings is 1. The Labute approximate surface area is 86.0 Å². The Hall–Kier alpha value is -1.30. The third kappa shape index (κ3) is 1.79. The van der Waals surface area contributed by atoms with Crippen LogP contribution in [0, 0.1) is 5.92 Å². The largest absolute Gasteiger partial charge is 0.0658 e. The molecule has 1 aromatic rings. The summed E-state index contributed by atoms with van der Waals surface area (Å²) >= 11 is 0. The standard InChI is InChI=1S/C14H16/c1-11-8-9-12(2)14(11)10-13-6-4-3-5-7-13/h3-9,14H,10H2,1-2H3. The van der Waals surface area contributed by atoms with E-state index in [-0.39, 0.29) is 0 Å². The average Bonchev–Trinajstić information content (AvgIpc) is 2.51. The molecule has 0 amide bonds. The van der Waals surface area contributed by atoms with Crippen LogP contribution >= 0.6 is 0 Å². The Bertz CT molecular complexity index is 350. The van der Waals surface area contributed by atoms with Crippen molar-refractivity contribution in [1.82, 2.24) is 0 Å². The Kier molecular flexibility index (Phi) is 2.53. The molecule has 0 aromatic heterocycles. The summed E-state index contributed by atoms with van der Waals surface area (Å²) in [5.74, 6) is 0.636. The van der Waals surface area contributed by atoms with Crippen molar-refractivity contribution in [3.8, 4) is 0 Å². The summed E-state index contributed by atoms with van der Waals surface area (Å²) in [6.45, 7) is 4.45. The van der Waals surface area contributed by atoms with E-state index < -0.39 is 0 Å². The first-order valence-electron chi connectivity index (χ1n) is 5.16. The van der Waals surface area contributed by atoms with Gasteiger partial charge in [-0.15, -0.1) is 0 Å². The molecule has 72 valence electrons. The van der Waals surface area contributed by atoms with Gasteiger partial charge in [0.2, 0.25) is 0 Å². The van der Waals surface area contributed by atoms with Gasteiger partial charge in [0.1, 0.15) is 0 Å². The zero-order valence-corrected chi connectivity index (χ0v) is 8.83. The van der Waals surface area contributed by atoms with Crippen molar-refractivity contribution in [2.75, 3.05) is 0 Å². The molecule has 1 aliphatic rings. The van der Waals surface area contributed by atoms with Crippen LogP contribution < -0.4 is 0 Å². The molecule has 0 heterocycles. The molecule has 0 aliphatic heterocycles. The normalized spacial score (nSPS) is 16.7. The van der Waals surface area contributed by atoms with Gasteiger partial charge in [0.05, 0.1) is 0 Å². The number of rotatable bonds is 2. The number of hydrogen-bond acceptors (Lipinski definition) is 0. The molecule has 1 aliphatic carbocycles. The fourth-order valence-electron chi connectivity index (χ4n) is 2.03. The fraction of sp³-hybridized carbons (Fsp3) is 0.286. The SMILES string of the molecule is CC1=CC=C(C)C1Cc1ccccc1. The first kappa shape index (κ1) is 9.26. The lowest BCUT2D eigenvalue weighted by atomic mass is 9.91. The van der Waals surface area contributed by atoms with Crippen LogP contribution in [0.25, 0.3) is 0 Å². The number of hydrogen-bond donors (Lipinski definition) is 0. The van der Waals surface area contributed by atoms with E-state index in [1.807, 2.05) is 0 Å². The minimum absolute atomic E-state index is 0.636. The van der Waals surface area contributed by atoms with E-state index in [0.29, 0.717) is 5.92 Å². The molecule has 0 nitrogen and oxygen atoms in total. The molecule has 1 aromatic carbocycles. The van der Waals surface area contributed by atoms with Gasteiger partial charge in [-0.05, 0) is 25.8 Å². The van der Waals surface area contributed by atoms with Gasteiger partial charge in [0.25, 0.3) is 0 Å². The molecule has 2 rings (SSSR count). The minimum atomic E-state index is 0.636. The molecule has 0 saturated heterocycles. The summed E-state index contributed by atoms with van der Waals surface area (Å²) < 4.78 is 0. The molecule has 0 bridgehead atoms. The highest BCUT2D eigenvalue weighted by atomic mass is 14.2. The van der Waals surface area contributed by atoms with E-state index in [9.17, 15) is 0 Å². The Morgan fingerprint density at radius 3 is 2.07 bits per heavy atom. The molecule has 14 heavy (non-hydrogen) atoms. The van der Waals surface area contributed by atoms with Gasteiger partial charge in [-0.1, -0.05) is 53.6 Å². The highest BCUT2D eigenvalue weighted by Gasteiger charge is 2.16. The van der Waals surface area contributed by atoms with Crippen LogP contribution in [0.1, 0.15) is 19.4 Å². The molecule has 0 N–H and O–H groups in total. The van der Waals surface area contributed by atoms with Crippen LogP contribution in [0.15, 0.2) is 53.6 Å². The first-order chi connectivity index (χ1) is 6.77. The summed E-state index contributed by atoms with van der Waals surface area (Å²) in [5.41, 5.74) is 4.41. The van der Waals surface area contributed by atoms with Crippen molar-refractivity contribution in [2.24, 2.45) is 5.92 Å². The minimum Gasteiger partial charge on any atom is -0.0658 e. The van der Waals surface area contributed by atoms with E-state index in [1.165, 1.54) is 16.7 Å². The Morgan fingerprint density at radius 2 is 1.50 bits per heavy atom. The molecule has 0 radical (unpaired) electrons. The summed E-state index contributed by atoms with van der Waals surface area (Å²) in [5, 5.41) is 0. The molecule has 0 heteroatoms. The lowest BCUT2D eigenvalue weighted by Gasteiger charge is -2.14. The van der Waals surface area contributed by atoms with E-state index in [0.717, 1.165) is 6.42 Å². The van der Waals surface area contributed by atoms with Crippen LogP contribution in [0.4, 0.5) is 0 Å². The maximum absolute atomic E-state index is 2.24. The van der Waals surface area contributed by atoms with Crippen LogP contribution in [-0.4, -0.2) is 0 Å². The summed E-state index contributed by atoms with van der Waals surface area (Å²) in [6, 6.07) is 10.7. The second-order valence-corrected chi connectivity index (χ2v) is 4.06. The van der Waals surface area contributed by atoms with Crippen molar-refractivity contribution in [2.45, 2.75) is 20.3 Å². The second kappa shape index (κ2) is 3.83. The van der Waals surface area contributed by atoms with Crippen LogP contribution in [-0.2, 0) is 6.42 Å². The molecule has 0 saturated carbocycles. The average molecular weight is 184 g/mol. The summed E-state index contributed by atoms with van der Waals surface area (Å²) in [6.07, 6.45) is 5.62. The number of allylic oxidation sites excluding steroid dienone is 4. The van der Waals surface area contributed by atoms with Crippen LogP contribution in [0.5, 0.6) is 0 Å². The maximum Gasteiger partial charge on any atom is 0.00480 e. The van der Waals surface area contributed by atoms with E-state index in [2.05, 4.69) is 56.3 Å². The lowest BCUT2D eigenvalue weighted by molar-refractivity contribution is 0.721. The first-order valence-corrected chi connectivity index (χ1v) is 5.16. The molecular weight excluding hydrogens is 168 g/mol. The topological polar surface area (TPSA) is 0 Å². The molecule has 0 fully saturated rings. The van der Waals surface area contributed by atoms with Crippen molar-refractivity contribution in [3.63, 3.8) is 0 Å². The van der Waals surface area contributed by atoms with Gasteiger partial charge >= 0.3 is 0 Å². The van der Waals surface area contributed by atoms with Gasteiger partial charge in [-0.25, -0.2) is 0 Å². The third-order valence-corrected chi connectivity index (χ3v) is 2.99. The smallest absolute Gasteiger partial charge is 0.00480 e. The maximum atomic E-state index is 2.24. The Morgan fingerprint density at radius 1 is 0.929 bits per heavy atom. The van der Waals surface area contributed by atoms with Crippen LogP contribution in [0.2, 0.25) is 0 Å². The second-order valence-electron chi connectivity index (χ2n) is 4.06. The van der Waals surface area contributed by atoms with Crippen LogP contribution in [0.3, 0.4) is 0 Å². The van der Waals surface area contributed by atoms with Crippen molar-refractivity contribution >= 4 is 0 Å². The van der Waals surface area contributed by atoms with Crippen molar-refractivity contribution in [3.05, 3.63) is 59.2 Å². The molecule has 0 atom stereocenters. The zero-order chi connectivity index (χ0) is 9.97. The summed E-state index contributed by atoms with van der Waals surface area (Å²) in [7, 11) is 0. The predicted octanol–water partition coefficient (Wildman–Crippen LogP) is 3.75. The fourth-order valence-corrected chi connectivity index (χ4v) is 2.03. The quantitative estimate of drug-likeness (QED) is 0.656. The van der Waals surface area contributed by atoms with Gasteiger partial charge < -0.3 is 0 Å². The van der Waals surface area contributed by atoms with Gasteiger partial charge in [0.15, 0.2) is 0 Å². The highest BCUT2D eigenvalue weighted by Crippen LogP contribution is 2.29. The van der Waals surface area contributed by atoms with E-state index in [4.69, 9.17) is 0 Å². The zero-order valence-electron chi connectivity index (χ0n) is 8.83. The van der Waals surface area contributed by atoms with E-state index >= 15 is 0 Å². The van der Waals surface area contributed by atoms with Gasteiger partial charge in [-0.3, -0.25) is 0 Å². The van der Waals surface area contributed by atoms with Gasteiger partial charge in [-0.2, -0.15) is 0 Å². The predicted molar refractivity (Wildman–Crippen MR) is 61.2 cm³/mol. The Balaban J connectivity index is 2.13. The van der Waals surface area contributed by atoms with Crippen molar-refractivity contribution in [1.29, 1.82) is 0 Å².